The summed E-state index contributed by atoms with van der Waals surface area (Å²) < 4.78 is 0. The highest BCUT2D eigenvalue weighted by molar-refractivity contribution is 5.83. The molecular weight excluding hydrogens is 248 g/mol. The minimum atomic E-state index is 0.254. The van der Waals surface area contributed by atoms with E-state index in [9.17, 15) is 4.79 Å². The van der Waals surface area contributed by atoms with Gasteiger partial charge < -0.3 is 4.90 Å². The van der Waals surface area contributed by atoms with Gasteiger partial charge in [-0.15, -0.1) is 0 Å². The van der Waals surface area contributed by atoms with Gasteiger partial charge in [0.2, 0.25) is 0 Å². The zero-order valence-corrected chi connectivity index (χ0v) is 12.5. The number of aryl methyl sites for hydroxylation is 1. The van der Waals surface area contributed by atoms with Crippen LogP contribution in [0.4, 0.5) is 0 Å². The number of pyridine rings is 1. The van der Waals surface area contributed by atoms with Crippen LogP contribution in [0.3, 0.4) is 0 Å². The number of piperidine rings is 2. The standard InChI is InChI=1S/C17H24N2O/c1-12-5-3-6-14(18-12)11-17(20)13-9-15-7-4-8-16(10-13)19(15)2/h3,5-6,13,15-16H,4,7-11H2,1-2H3. The van der Waals surface area contributed by atoms with Crippen molar-refractivity contribution in [1.29, 1.82) is 0 Å². The number of fused-ring (bicyclic) bond motifs is 2. The van der Waals surface area contributed by atoms with Gasteiger partial charge in [0.15, 0.2) is 0 Å². The summed E-state index contributed by atoms with van der Waals surface area (Å²) in [6.07, 6.45) is 6.48. The van der Waals surface area contributed by atoms with Crippen LogP contribution < -0.4 is 0 Å². The Balaban J connectivity index is 1.66. The Bertz CT molecular complexity index is 486. The van der Waals surface area contributed by atoms with Gasteiger partial charge in [0, 0.05) is 35.8 Å². The molecule has 2 aliphatic rings. The van der Waals surface area contributed by atoms with Crippen LogP contribution in [0, 0.1) is 12.8 Å². The molecule has 0 aliphatic carbocycles. The summed E-state index contributed by atoms with van der Waals surface area (Å²) in [4.78, 5) is 19.5. The van der Waals surface area contributed by atoms with E-state index >= 15 is 0 Å². The number of rotatable bonds is 3. The van der Waals surface area contributed by atoms with Crippen LogP contribution >= 0.6 is 0 Å². The molecule has 1 aromatic heterocycles. The van der Waals surface area contributed by atoms with Gasteiger partial charge in [-0.2, -0.15) is 0 Å². The second-order valence-corrected chi connectivity index (χ2v) is 6.49. The van der Waals surface area contributed by atoms with Gasteiger partial charge >= 0.3 is 0 Å². The smallest absolute Gasteiger partial charge is 0.142 e. The van der Waals surface area contributed by atoms with Crippen molar-refractivity contribution in [1.82, 2.24) is 9.88 Å². The molecule has 3 heterocycles. The predicted molar refractivity (Wildman–Crippen MR) is 79.6 cm³/mol. The monoisotopic (exact) mass is 272 g/mol. The Kier molecular flexibility index (Phi) is 3.88. The fraction of sp³-hybridized carbons (Fsp3) is 0.647. The van der Waals surface area contributed by atoms with E-state index in [0.717, 1.165) is 24.2 Å². The summed E-state index contributed by atoms with van der Waals surface area (Å²) in [5, 5.41) is 0. The van der Waals surface area contributed by atoms with E-state index < -0.39 is 0 Å². The zero-order valence-electron chi connectivity index (χ0n) is 12.5. The van der Waals surface area contributed by atoms with Crippen molar-refractivity contribution in [3.63, 3.8) is 0 Å². The third-order valence-electron chi connectivity index (χ3n) is 5.10. The molecule has 108 valence electrons. The molecule has 1 aromatic rings. The molecule has 2 saturated heterocycles. The average molecular weight is 272 g/mol. The molecule has 20 heavy (non-hydrogen) atoms. The number of nitrogens with zero attached hydrogens (tertiary/aromatic N) is 2. The van der Waals surface area contributed by atoms with E-state index in [4.69, 9.17) is 0 Å². The number of carbonyl (C=O) groups excluding carboxylic acids is 1. The number of carbonyl (C=O) groups is 1. The largest absolute Gasteiger partial charge is 0.300 e. The van der Waals surface area contributed by atoms with Gasteiger partial charge in [0.1, 0.15) is 5.78 Å². The average Bonchev–Trinajstić information content (AvgIpc) is 2.38. The Labute approximate surface area is 121 Å². The topological polar surface area (TPSA) is 33.2 Å². The highest BCUT2D eigenvalue weighted by Gasteiger charge is 2.38. The number of hydrogen-bond donors (Lipinski definition) is 0. The molecule has 2 fully saturated rings. The first-order chi connectivity index (χ1) is 9.63. The lowest BCUT2D eigenvalue weighted by Gasteiger charge is -2.46. The van der Waals surface area contributed by atoms with Crippen molar-refractivity contribution < 1.29 is 4.79 Å². The molecule has 0 saturated carbocycles. The van der Waals surface area contributed by atoms with Crippen LogP contribution in [0.25, 0.3) is 0 Å². The fourth-order valence-electron chi connectivity index (χ4n) is 3.90. The summed E-state index contributed by atoms with van der Waals surface area (Å²) >= 11 is 0. The molecule has 2 bridgehead atoms. The molecule has 2 atom stereocenters. The first-order valence-electron chi connectivity index (χ1n) is 7.80. The molecular formula is C17H24N2O. The van der Waals surface area contributed by atoms with Gasteiger partial charge in [-0.25, -0.2) is 0 Å². The highest BCUT2D eigenvalue weighted by atomic mass is 16.1. The number of aromatic nitrogens is 1. The Hall–Kier alpha value is -1.22. The number of Topliss-reactive ketones (excluding diaryl/α,β-unsaturated/α-hetero) is 1. The first kappa shape index (κ1) is 13.7. The molecule has 2 aliphatic heterocycles. The summed E-state index contributed by atoms with van der Waals surface area (Å²) in [6.45, 7) is 1.98. The van der Waals surface area contributed by atoms with Crippen molar-refractivity contribution in [2.45, 2.75) is 57.5 Å². The molecule has 0 amide bonds. The van der Waals surface area contributed by atoms with Gasteiger partial charge in [0.05, 0.1) is 0 Å². The quantitative estimate of drug-likeness (QED) is 0.848. The van der Waals surface area contributed by atoms with Crippen molar-refractivity contribution >= 4 is 5.78 Å². The molecule has 3 heteroatoms. The minimum absolute atomic E-state index is 0.254. The van der Waals surface area contributed by atoms with Crippen molar-refractivity contribution in [2.75, 3.05) is 7.05 Å². The van der Waals surface area contributed by atoms with E-state index in [0.29, 0.717) is 24.3 Å². The maximum Gasteiger partial charge on any atom is 0.142 e. The van der Waals surface area contributed by atoms with E-state index in [2.05, 4.69) is 16.9 Å². The van der Waals surface area contributed by atoms with Crippen molar-refractivity contribution in [3.8, 4) is 0 Å². The fourth-order valence-corrected chi connectivity index (χ4v) is 3.90. The van der Waals surface area contributed by atoms with Crippen molar-refractivity contribution in [2.24, 2.45) is 5.92 Å². The molecule has 0 aromatic carbocycles. The predicted octanol–water partition coefficient (Wildman–Crippen LogP) is 2.76. The lowest BCUT2D eigenvalue weighted by molar-refractivity contribution is -0.126. The maximum atomic E-state index is 12.6. The molecule has 0 spiro atoms. The van der Waals surface area contributed by atoms with Crippen LogP contribution in [0.1, 0.15) is 43.5 Å². The highest BCUT2D eigenvalue weighted by Crippen LogP contribution is 2.36. The zero-order chi connectivity index (χ0) is 14.1. The Morgan fingerprint density at radius 1 is 1.30 bits per heavy atom. The molecule has 0 N–H and O–H groups in total. The van der Waals surface area contributed by atoms with Crippen LogP contribution in [-0.4, -0.2) is 34.8 Å². The Morgan fingerprint density at radius 3 is 2.65 bits per heavy atom. The molecule has 0 radical (unpaired) electrons. The summed E-state index contributed by atoms with van der Waals surface area (Å²) in [5.41, 5.74) is 1.93. The third kappa shape index (κ3) is 2.78. The second kappa shape index (κ2) is 5.65. The van der Waals surface area contributed by atoms with Gasteiger partial charge in [0.25, 0.3) is 0 Å². The second-order valence-electron chi connectivity index (χ2n) is 6.49. The first-order valence-corrected chi connectivity index (χ1v) is 7.80. The normalized spacial score (nSPS) is 30.2. The van der Waals surface area contributed by atoms with Crippen LogP contribution in [0.15, 0.2) is 18.2 Å². The lowest BCUT2D eigenvalue weighted by atomic mass is 9.76. The molecule has 3 nitrogen and oxygen atoms in total. The van der Waals surface area contributed by atoms with Crippen LogP contribution in [0.5, 0.6) is 0 Å². The molecule has 3 rings (SSSR count). The van der Waals surface area contributed by atoms with Crippen molar-refractivity contribution in [3.05, 3.63) is 29.6 Å². The molecule has 2 unspecified atom stereocenters. The van der Waals surface area contributed by atoms with Crippen LogP contribution in [-0.2, 0) is 11.2 Å². The Morgan fingerprint density at radius 2 is 2.00 bits per heavy atom. The van der Waals surface area contributed by atoms with Gasteiger partial charge in [-0.1, -0.05) is 12.5 Å². The van der Waals surface area contributed by atoms with Gasteiger partial charge in [-0.05, 0) is 51.8 Å². The third-order valence-corrected chi connectivity index (χ3v) is 5.10. The summed E-state index contributed by atoms with van der Waals surface area (Å²) in [6, 6.07) is 7.20. The van der Waals surface area contributed by atoms with E-state index in [1.54, 1.807) is 0 Å². The maximum absolute atomic E-state index is 12.6. The van der Waals surface area contributed by atoms with E-state index in [1.165, 1.54) is 19.3 Å². The SMILES string of the molecule is Cc1cccc(CC(=O)C2CC3CCCC(C2)N3C)n1. The lowest BCUT2D eigenvalue weighted by Crippen LogP contribution is -2.51. The number of ketones is 1. The summed E-state index contributed by atoms with van der Waals surface area (Å²) in [7, 11) is 2.23. The van der Waals surface area contributed by atoms with E-state index in [1.807, 2.05) is 25.1 Å². The summed E-state index contributed by atoms with van der Waals surface area (Å²) in [5.74, 6) is 0.650. The van der Waals surface area contributed by atoms with Gasteiger partial charge in [-0.3, -0.25) is 9.78 Å². The number of hydrogen-bond acceptors (Lipinski definition) is 3. The minimum Gasteiger partial charge on any atom is -0.300 e. The van der Waals surface area contributed by atoms with E-state index in [-0.39, 0.29) is 5.92 Å². The van der Waals surface area contributed by atoms with Crippen LogP contribution in [0.2, 0.25) is 0 Å².